The molecule has 0 aromatic heterocycles. The molecule has 16 heavy (non-hydrogen) atoms. The van der Waals surface area contributed by atoms with E-state index in [1.807, 2.05) is 0 Å². The fraction of sp³-hybridized carbons (Fsp3) is 1.00. The van der Waals surface area contributed by atoms with Crippen LogP contribution in [0.4, 0.5) is 0 Å². The predicted octanol–water partition coefficient (Wildman–Crippen LogP) is 4.16. The normalized spacial score (nSPS) is 43.3. The fourth-order valence-electron chi connectivity index (χ4n) is 3.76. The Bertz CT molecular complexity index is 226. The van der Waals surface area contributed by atoms with Gasteiger partial charge in [-0.3, -0.25) is 0 Å². The van der Waals surface area contributed by atoms with Crippen molar-refractivity contribution in [2.75, 3.05) is 0 Å². The largest absolute Gasteiger partial charge is 0.375 e. The molecule has 0 N–H and O–H groups in total. The third-order valence-corrected chi connectivity index (χ3v) is 5.08. The van der Waals surface area contributed by atoms with Crippen LogP contribution in [-0.2, 0) is 4.74 Å². The summed E-state index contributed by atoms with van der Waals surface area (Å²) in [6.07, 6.45) is 14.3. The van der Waals surface area contributed by atoms with Gasteiger partial charge in [-0.05, 0) is 43.4 Å². The minimum absolute atomic E-state index is 0.646. The van der Waals surface area contributed by atoms with E-state index in [1.165, 1.54) is 57.8 Å². The zero-order chi connectivity index (χ0) is 11.0. The van der Waals surface area contributed by atoms with Gasteiger partial charge in [0, 0.05) is 0 Å². The maximum absolute atomic E-state index is 6.10. The van der Waals surface area contributed by atoms with Crippen LogP contribution in [-0.4, -0.2) is 12.2 Å². The highest BCUT2D eigenvalue weighted by molar-refractivity contribution is 4.91. The average Bonchev–Trinajstić information content (AvgIpc) is 2.78. The van der Waals surface area contributed by atoms with Crippen LogP contribution < -0.4 is 0 Å². The molecule has 3 saturated carbocycles. The molecule has 3 fully saturated rings. The summed E-state index contributed by atoms with van der Waals surface area (Å²) in [5, 5.41) is 0. The van der Waals surface area contributed by atoms with Crippen LogP contribution in [0.3, 0.4) is 0 Å². The molecule has 0 aromatic carbocycles. The van der Waals surface area contributed by atoms with Crippen LogP contribution in [0, 0.1) is 17.8 Å². The zero-order valence-corrected chi connectivity index (χ0v) is 10.7. The SMILES string of the molecule is CCC1CC1OC1CC(CC2CCCC2)C1. The van der Waals surface area contributed by atoms with Gasteiger partial charge >= 0.3 is 0 Å². The second-order valence-corrected chi connectivity index (χ2v) is 6.42. The second-order valence-electron chi connectivity index (χ2n) is 6.42. The Morgan fingerprint density at radius 2 is 1.75 bits per heavy atom. The van der Waals surface area contributed by atoms with Crippen molar-refractivity contribution < 1.29 is 4.74 Å². The van der Waals surface area contributed by atoms with Gasteiger partial charge < -0.3 is 4.74 Å². The van der Waals surface area contributed by atoms with Crippen LogP contribution in [0.25, 0.3) is 0 Å². The molecule has 0 bridgehead atoms. The Hall–Kier alpha value is -0.0400. The van der Waals surface area contributed by atoms with Crippen LogP contribution in [0.5, 0.6) is 0 Å². The van der Waals surface area contributed by atoms with Crippen LogP contribution >= 0.6 is 0 Å². The predicted molar refractivity (Wildman–Crippen MR) is 66.4 cm³/mol. The van der Waals surface area contributed by atoms with Gasteiger partial charge in [-0.2, -0.15) is 0 Å². The van der Waals surface area contributed by atoms with E-state index in [0.717, 1.165) is 17.8 Å². The van der Waals surface area contributed by atoms with E-state index in [0.29, 0.717) is 12.2 Å². The molecule has 0 amide bonds. The molecule has 0 spiro atoms. The molecule has 2 unspecified atom stereocenters. The molecule has 3 aliphatic rings. The lowest BCUT2D eigenvalue weighted by Gasteiger charge is -2.36. The molecule has 1 nitrogen and oxygen atoms in total. The van der Waals surface area contributed by atoms with Gasteiger partial charge in [0.05, 0.1) is 12.2 Å². The van der Waals surface area contributed by atoms with Crippen molar-refractivity contribution in [3.63, 3.8) is 0 Å². The standard InChI is InChI=1S/C15H26O/c1-2-13-10-15(13)16-14-8-12(9-14)7-11-5-3-4-6-11/h11-15H,2-10H2,1H3. The van der Waals surface area contributed by atoms with Gasteiger partial charge in [0.25, 0.3) is 0 Å². The summed E-state index contributed by atoms with van der Waals surface area (Å²) in [6, 6.07) is 0. The summed E-state index contributed by atoms with van der Waals surface area (Å²) in [7, 11) is 0. The quantitative estimate of drug-likeness (QED) is 0.678. The van der Waals surface area contributed by atoms with Gasteiger partial charge in [0.2, 0.25) is 0 Å². The first-order valence-corrected chi connectivity index (χ1v) is 7.50. The van der Waals surface area contributed by atoms with Gasteiger partial charge in [-0.15, -0.1) is 0 Å². The highest BCUT2D eigenvalue weighted by atomic mass is 16.5. The molecule has 3 aliphatic carbocycles. The number of hydrogen-bond acceptors (Lipinski definition) is 1. The Morgan fingerprint density at radius 1 is 1.00 bits per heavy atom. The van der Waals surface area contributed by atoms with Crippen LogP contribution in [0.1, 0.15) is 64.7 Å². The molecule has 92 valence electrons. The molecule has 0 aliphatic heterocycles. The van der Waals surface area contributed by atoms with E-state index in [2.05, 4.69) is 6.92 Å². The third kappa shape index (κ3) is 2.45. The first-order valence-electron chi connectivity index (χ1n) is 7.50. The average molecular weight is 222 g/mol. The van der Waals surface area contributed by atoms with Crippen molar-refractivity contribution in [1.82, 2.24) is 0 Å². The molecule has 0 saturated heterocycles. The minimum atomic E-state index is 0.646. The Kier molecular flexibility index (Phi) is 3.24. The summed E-state index contributed by atoms with van der Waals surface area (Å²) < 4.78 is 6.10. The molecule has 0 heterocycles. The summed E-state index contributed by atoms with van der Waals surface area (Å²) in [5.41, 5.74) is 0. The van der Waals surface area contributed by atoms with E-state index in [4.69, 9.17) is 4.74 Å². The zero-order valence-electron chi connectivity index (χ0n) is 10.7. The molecular formula is C15H26O. The van der Waals surface area contributed by atoms with Crippen LogP contribution in [0.15, 0.2) is 0 Å². The number of ether oxygens (including phenoxy) is 1. The molecule has 2 atom stereocenters. The Morgan fingerprint density at radius 3 is 2.38 bits per heavy atom. The smallest absolute Gasteiger partial charge is 0.0611 e. The van der Waals surface area contributed by atoms with E-state index in [9.17, 15) is 0 Å². The van der Waals surface area contributed by atoms with Crippen molar-refractivity contribution in [2.45, 2.75) is 76.9 Å². The van der Waals surface area contributed by atoms with Gasteiger partial charge in [0.1, 0.15) is 0 Å². The fourth-order valence-corrected chi connectivity index (χ4v) is 3.76. The van der Waals surface area contributed by atoms with Crippen molar-refractivity contribution in [2.24, 2.45) is 17.8 Å². The third-order valence-electron chi connectivity index (χ3n) is 5.08. The number of hydrogen-bond donors (Lipinski definition) is 0. The van der Waals surface area contributed by atoms with Crippen LogP contribution in [0.2, 0.25) is 0 Å². The monoisotopic (exact) mass is 222 g/mol. The lowest BCUT2D eigenvalue weighted by molar-refractivity contribution is -0.0505. The minimum Gasteiger partial charge on any atom is -0.375 e. The maximum atomic E-state index is 6.10. The topological polar surface area (TPSA) is 9.23 Å². The van der Waals surface area contributed by atoms with Crippen molar-refractivity contribution >= 4 is 0 Å². The van der Waals surface area contributed by atoms with E-state index in [-0.39, 0.29) is 0 Å². The highest BCUT2D eigenvalue weighted by Gasteiger charge is 2.41. The summed E-state index contributed by atoms with van der Waals surface area (Å²) in [5.74, 6) is 3.01. The molecule has 1 heteroatoms. The van der Waals surface area contributed by atoms with Gasteiger partial charge in [-0.1, -0.05) is 39.0 Å². The number of rotatable bonds is 5. The van der Waals surface area contributed by atoms with Crippen molar-refractivity contribution in [1.29, 1.82) is 0 Å². The lowest BCUT2D eigenvalue weighted by atomic mass is 9.76. The van der Waals surface area contributed by atoms with Gasteiger partial charge in [0.15, 0.2) is 0 Å². The van der Waals surface area contributed by atoms with Crippen molar-refractivity contribution in [3.8, 4) is 0 Å². The lowest BCUT2D eigenvalue weighted by Crippen LogP contribution is -2.33. The summed E-state index contributed by atoms with van der Waals surface area (Å²) in [4.78, 5) is 0. The second kappa shape index (κ2) is 4.68. The summed E-state index contributed by atoms with van der Waals surface area (Å²) >= 11 is 0. The molecule has 3 rings (SSSR count). The van der Waals surface area contributed by atoms with E-state index in [1.54, 1.807) is 0 Å². The molecular weight excluding hydrogens is 196 g/mol. The van der Waals surface area contributed by atoms with Crippen molar-refractivity contribution in [3.05, 3.63) is 0 Å². The Balaban J connectivity index is 1.29. The molecule has 0 radical (unpaired) electrons. The summed E-state index contributed by atoms with van der Waals surface area (Å²) in [6.45, 7) is 2.29. The first kappa shape index (κ1) is 11.1. The maximum Gasteiger partial charge on any atom is 0.0611 e. The highest BCUT2D eigenvalue weighted by Crippen LogP contribution is 2.44. The Labute approximate surface area is 99.9 Å². The van der Waals surface area contributed by atoms with Gasteiger partial charge in [-0.25, -0.2) is 0 Å². The van der Waals surface area contributed by atoms with E-state index < -0.39 is 0 Å². The van der Waals surface area contributed by atoms with E-state index >= 15 is 0 Å². The molecule has 0 aromatic rings. The first-order chi connectivity index (χ1) is 7.85.